The van der Waals surface area contributed by atoms with Gasteiger partial charge in [0.25, 0.3) is 5.91 Å². The van der Waals surface area contributed by atoms with Crippen LogP contribution in [0.25, 0.3) is 0 Å². The van der Waals surface area contributed by atoms with E-state index >= 15 is 0 Å². The van der Waals surface area contributed by atoms with Crippen LogP contribution in [0.15, 0.2) is 42.5 Å². The third-order valence-electron chi connectivity index (χ3n) is 3.45. The highest BCUT2D eigenvalue weighted by atomic mass is 16.1. The largest absolute Gasteiger partial charge is 0.380 e. The second kappa shape index (κ2) is 7.23. The molecule has 2 rings (SSSR count). The predicted molar refractivity (Wildman–Crippen MR) is 88.3 cm³/mol. The van der Waals surface area contributed by atoms with Gasteiger partial charge in [-0.3, -0.25) is 9.59 Å². The zero-order chi connectivity index (χ0) is 16.8. The van der Waals surface area contributed by atoms with Gasteiger partial charge < -0.3 is 10.6 Å². The van der Waals surface area contributed by atoms with Crippen molar-refractivity contribution in [2.45, 2.75) is 13.5 Å². The van der Waals surface area contributed by atoms with Crippen LogP contribution in [-0.4, -0.2) is 18.7 Å². The Balaban J connectivity index is 2.21. The molecule has 116 valence electrons. The molecular weight excluding hydrogens is 290 g/mol. The molecule has 0 aromatic heterocycles. The molecule has 0 saturated carbocycles. The lowest BCUT2D eigenvalue weighted by Gasteiger charge is -2.10. The molecule has 0 unspecified atom stereocenters. The zero-order valence-corrected chi connectivity index (χ0v) is 13.0. The Morgan fingerprint density at radius 1 is 1.13 bits per heavy atom. The highest BCUT2D eigenvalue weighted by Crippen LogP contribution is 2.19. The Kier molecular flexibility index (Phi) is 5.11. The number of rotatable bonds is 5. The molecule has 0 bridgehead atoms. The van der Waals surface area contributed by atoms with E-state index in [2.05, 4.69) is 16.7 Å². The van der Waals surface area contributed by atoms with Crippen LogP contribution in [0.1, 0.15) is 38.8 Å². The fraction of sp³-hybridized carbons (Fsp3) is 0.167. The Bertz CT molecular complexity index is 791. The molecule has 0 fully saturated rings. The van der Waals surface area contributed by atoms with Crippen molar-refractivity contribution in [3.63, 3.8) is 0 Å². The van der Waals surface area contributed by atoms with Gasteiger partial charge in [-0.2, -0.15) is 5.26 Å². The second-order valence-corrected chi connectivity index (χ2v) is 5.06. The number of hydrogen-bond acceptors (Lipinski definition) is 4. The highest BCUT2D eigenvalue weighted by Gasteiger charge is 2.07. The molecule has 5 nitrogen and oxygen atoms in total. The number of nitriles is 1. The number of hydrogen-bond donors (Lipinski definition) is 2. The average Bonchev–Trinajstić information content (AvgIpc) is 2.59. The maximum Gasteiger partial charge on any atom is 0.251 e. The van der Waals surface area contributed by atoms with E-state index in [-0.39, 0.29) is 11.7 Å². The van der Waals surface area contributed by atoms with E-state index in [1.54, 1.807) is 43.4 Å². The van der Waals surface area contributed by atoms with Crippen LogP contribution in [0, 0.1) is 11.3 Å². The van der Waals surface area contributed by atoms with Crippen molar-refractivity contribution in [1.82, 2.24) is 5.32 Å². The van der Waals surface area contributed by atoms with Gasteiger partial charge >= 0.3 is 0 Å². The molecule has 1 amide bonds. The molecule has 0 aliphatic heterocycles. The molecule has 2 aromatic carbocycles. The van der Waals surface area contributed by atoms with E-state index in [1.165, 1.54) is 6.92 Å². The maximum absolute atomic E-state index is 11.6. The molecule has 23 heavy (non-hydrogen) atoms. The van der Waals surface area contributed by atoms with Crippen LogP contribution in [-0.2, 0) is 6.54 Å². The minimum absolute atomic E-state index is 0.0563. The van der Waals surface area contributed by atoms with Crippen LogP contribution < -0.4 is 10.6 Å². The molecule has 2 aromatic rings. The number of carbonyl (C=O) groups excluding carboxylic acids is 2. The third-order valence-corrected chi connectivity index (χ3v) is 3.45. The maximum atomic E-state index is 11.6. The van der Waals surface area contributed by atoms with Crippen molar-refractivity contribution >= 4 is 17.4 Å². The van der Waals surface area contributed by atoms with Crippen LogP contribution >= 0.6 is 0 Å². The standard InChI is InChI=1S/C18H17N3O2/c1-12(22)14-6-7-16(10-19)17(9-14)21-11-13-4-3-5-15(8-13)18(23)20-2/h3-9,21H,11H2,1-2H3,(H,20,23). The number of anilines is 1. The Morgan fingerprint density at radius 3 is 2.57 bits per heavy atom. The van der Waals surface area contributed by atoms with E-state index in [0.717, 1.165) is 5.56 Å². The SMILES string of the molecule is CNC(=O)c1cccc(CNc2cc(C(C)=O)ccc2C#N)c1. The van der Waals surface area contributed by atoms with Crippen LogP contribution in [0.5, 0.6) is 0 Å². The minimum Gasteiger partial charge on any atom is -0.380 e. The summed E-state index contributed by atoms with van der Waals surface area (Å²) in [6.07, 6.45) is 0. The summed E-state index contributed by atoms with van der Waals surface area (Å²) in [6, 6.07) is 14.2. The summed E-state index contributed by atoms with van der Waals surface area (Å²) in [5, 5.41) is 14.9. The Hall–Kier alpha value is -3.13. The monoisotopic (exact) mass is 307 g/mol. The lowest BCUT2D eigenvalue weighted by molar-refractivity contribution is 0.0961. The minimum atomic E-state index is -0.150. The Morgan fingerprint density at radius 2 is 1.91 bits per heavy atom. The number of ketones is 1. The predicted octanol–water partition coefficient (Wildman–Crippen LogP) is 2.73. The van der Waals surface area contributed by atoms with Crippen LogP contribution in [0.2, 0.25) is 0 Å². The summed E-state index contributed by atoms with van der Waals surface area (Å²) in [5.41, 5.74) is 3.10. The average molecular weight is 307 g/mol. The van der Waals surface area contributed by atoms with Gasteiger partial charge in [0.2, 0.25) is 0 Å². The van der Waals surface area contributed by atoms with Gasteiger partial charge in [0.05, 0.1) is 11.3 Å². The number of amides is 1. The molecule has 0 radical (unpaired) electrons. The molecule has 5 heteroatoms. The normalized spacial score (nSPS) is 9.78. The highest BCUT2D eigenvalue weighted by molar-refractivity contribution is 5.95. The number of carbonyl (C=O) groups is 2. The van der Waals surface area contributed by atoms with Gasteiger partial charge in [0.15, 0.2) is 5.78 Å². The van der Waals surface area contributed by atoms with E-state index in [1.807, 2.05) is 6.07 Å². The molecule has 0 saturated heterocycles. The summed E-state index contributed by atoms with van der Waals surface area (Å²) in [6.45, 7) is 1.93. The lowest BCUT2D eigenvalue weighted by atomic mass is 10.1. The summed E-state index contributed by atoms with van der Waals surface area (Å²) in [5.74, 6) is -0.206. The topological polar surface area (TPSA) is 82.0 Å². The molecule has 0 spiro atoms. The van der Waals surface area contributed by atoms with Crippen LogP contribution in [0.4, 0.5) is 5.69 Å². The number of Topliss-reactive ketones (excluding diaryl/α,β-unsaturated/α-hetero) is 1. The van der Waals surface area contributed by atoms with Crippen molar-refractivity contribution < 1.29 is 9.59 Å². The van der Waals surface area contributed by atoms with Gasteiger partial charge in [-0.15, -0.1) is 0 Å². The van der Waals surface area contributed by atoms with Gasteiger partial charge in [0.1, 0.15) is 6.07 Å². The second-order valence-electron chi connectivity index (χ2n) is 5.06. The van der Waals surface area contributed by atoms with E-state index in [4.69, 9.17) is 5.26 Å². The summed E-state index contributed by atoms with van der Waals surface area (Å²) >= 11 is 0. The number of benzene rings is 2. The van der Waals surface area contributed by atoms with Crippen molar-refractivity contribution in [1.29, 1.82) is 5.26 Å². The molecule has 0 atom stereocenters. The molecule has 0 aliphatic rings. The van der Waals surface area contributed by atoms with Crippen molar-refractivity contribution in [3.05, 3.63) is 64.7 Å². The quantitative estimate of drug-likeness (QED) is 0.832. The first-order valence-corrected chi connectivity index (χ1v) is 7.15. The van der Waals surface area contributed by atoms with Gasteiger partial charge in [-0.1, -0.05) is 12.1 Å². The Labute approximate surface area is 134 Å². The fourth-order valence-corrected chi connectivity index (χ4v) is 2.17. The molecule has 2 N–H and O–H groups in total. The van der Waals surface area contributed by atoms with Gasteiger partial charge in [-0.05, 0) is 42.8 Å². The fourth-order valence-electron chi connectivity index (χ4n) is 2.17. The first-order valence-electron chi connectivity index (χ1n) is 7.15. The number of nitrogens with one attached hydrogen (secondary N) is 2. The van der Waals surface area contributed by atoms with E-state index < -0.39 is 0 Å². The third kappa shape index (κ3) is 3.95. The van der Waals surface area contributed by atoms with E-state index in [9.17, 15) is 9.59 Å². The van der Waals surface area contributed by atoms with Crippen molar-refractivity contribution in [2.75, 3.05) is 12.4 Å². The summed E-state index contributed by atoms with van der Waals surface area (Å²) in [4.78, 5) is 23.1. The molecule has 0 heterocycles. The summed E-state index contributed by atoms with van der Waals surface area (Å²) < 4.78 is 0. The first kappa shape index (κ1) is 16.2. The van der Waals surface area contributed by atoms with Gasteiger partial charge in [0, 0.05) is 24.7 Å². The van der Waals surface area contributed by atoms with Crippen molar-refractivity contribution in [3.8, 4) is 6.07 Å². The lowest BCUT2D eigenvalue weighted by Crippen LogP contribution is -2.18. The molecular formula is C18H17N3O2. The summed E-state index contributed by atoms with van der Waals surface area (Å²) in [7, 11) is 1.58. The first-order chi connectivity index (χ1) is 11.0. The smallest absolute Gasteiger partial charge is 0.251 e. The van der Waals surface area contributed by atoms with Crippen LogP contribution in [0.3, 0.4) is 0 Å². The molecule has 0 aliphatic carbocycles. The van der Waals surface area contributed by atoms with E-state index in [0.29, 0.717) is 28.9 Å². The number of nitrogens with zero attached hydrogens (tertiary/aromatic N) is 1. The van der Waals surface area contributed by atoms with Crippen molar-refractivity contribution in [2.24, 2.45) is 0 Å². The zero-order valence-electron chi connectivity index (χ0n) is 13.0. The van der Waals surface area contributed by atoms with Gasteiger partial charge in [-0.25, -0.2) is 0 Å².